The van der Waals surface area contributed by atoms with Crippen LogP contribution < -0.4 is 10.0 Å². The highest BCUT2D eigenvalue weighted by Gasteiger charge is 2.20. The average molecular weight is 323 g/mol. The summed E-state index contributed by atoms with van der Waals surface area (Å²) in [6.45, 7) is 0. The molecule has 0 amide bonds. The molecule has 2 aromatic carbocycles. The molecule has 0 unspecified atom stereocenters. The first-order valence-corrected chi connectivity index (χ1v) is 8.54. The first kappa shape index (κ1) is 14.2. The third-order valence-corrected chi connectivity index (χ3v) is 4.81. The largest absolute Gasteiger partial charge is 0.382 e. The van der Waals surface area contributed by atoms with Gasteiger partial charge in [-0.3, -0.25) is 4.72 Å². The van der Waals surface area contributed by atoms with Crippen LogP contribution >= 0.6 is 11.6 Å². The van der Waals surface area contributed by atoms with Gasteiger partial charge in [-0.25, -0.2) is 8.42 Å². The van der Waals surface area contributed by atoms with Gasteiger partial charge in [-0.05, 0) is 55.3 Å². The molecule has 0 heterocycles. The Morgan fingerprint density at radius 1 is 1.00 bits per heavy atom. The van der Waals surface area contributed by atoms with E-state index in [-0.39, 0.29) is 4.90 Å². The van der Waals surface area contributed by atoms with Crippen LogP contribution in [0, 0.1) is 0 Å². The second-order valence-corrected chi connectivity index (χ2v) is 7.18. The summed E-state index contributed by atoms with van der Waals surface area (Å²) < 4.78 is 27.0. The molecule has 1 fully saturated rings. The topological polar surface area (TPSA) is 58.2 Å². The van der Waals surface area contributed by atoms with Gasteiger partial charge in [-0.15, -0.1) is 0 Å². The van der Waals surface area contributed by atoms with Gasteiger partial charge in [0.25, 0.3) is 10.0 Å². The van der Waals surface area contributed by atoms with Crippen molar-refractivity contribution in [1.82, 2.24) is 0 Å². The zero-order valence-corrected chi connectivity index (χ0v) is 12.8. The molecule has 0 radical (unpaired) electrons. The number of anilines is 2. The Kier molecular flexibility index (Phi) is 3.78. The molecule has 110 valence electrons. The molecule has 2 aromatic rings. The van der Waals surface area contributed by atoms with E-state index in [1.807, 2.05) is 12.1 Å². The molecule has 0 aliphatic heterocycles. The molecule has 21 heavy (non-hydrogen) atoms. The van der Waals surface area contributed by atoms with Crippen LogP contribution in [0.15, 0.2) is 53.4 Å². The molecule has 1 aliphatic rings. The minimum atomic E-state index is -3.61. The summed E-state index contributed by atoms with van der Waals surface area (Å²) in [5.41, 5.74) is 1.53. The molecule has 0 spiro atoms. The summed E-state index contributed by atoms with van der Waals surface area (Å²) in [6.07, 6.45) is 2.40. The van der Waals surface area contributed by atoms with Crippen LogP contribution in [-0.4, -0.2) is 14.5 Å². The summed E-state index contributed by atoms with van der Waals surface area (Å²) >= 11 is 5.83. The van der Waals surface area contributed by atoms with Gasteiger partial charge in [-0.1, -0.05) is 17.7 Å². The molecule has 4 nitrogen and oxygen atoms in total. The summed E-state index contributed by atoms with van der Waals surface area (Å²) in [7, 11) is -3.61. The lowest BCUT2D eigenvalue weighted by atomic mass is 10.3. The number of rotatable bonds is 5. The standard InChI is InChI=1S/C15H15ClN2O2S/c16-11-2-1-3-15(10-11)21(19,20)18-14-8-6-13(7-9-14)17-12-4-5-12/h1-3,6-10,12,17-18H,4-5H2. The van der Waals surface area contributed by atoms with Crippen molar-refractivity contribution >= 4 is 33.0 Å². The third-order valence-electron chi connectivity index (χ3n) is 3.19. The number of halogens is 1. The Morgan fingerprint density at radius 2 is 1.67 bits per heavy atom. The van der Waals surface area contributed by atoms with E-state index >= 15 is 0 Å². The average Bonchev–Trinajstić information content (AvgIpc) is 3.25. The zero-order valence-electron chi connectivity index (χ0n) is 11.2. The highest BCUT2D eigenvalue weighted by molar-refractivity contribution is 7.92. The SMILES string of the molecule is O=S(=O)(Nc1ccc(NC2CC2)cc1)c1cccc(Cl)c1. The highest BCUT2D eigenvalue weighted by Crippen LogP contribution is 2.26. The second kappa shape index (κ2) is 5.58. The van der Waals surface area contributed by atoms with Gasteiger partial charge in [0.05, 0.1) is 4.90 Å². The lowest BCUT2D eigenvalue weighted by molar-refractivity contribution is 0.601. The number of sulfonamides is 1. The van der Waals surface area contributed by atoms with Crippen LogP contribution in [0.1, 0.15) is 12.8 Å². The van der Waals surface area contributed by atoms with E-state index in [9.17, 15) is 8.42 Å². The molecule has 1 saturated carbocycles. The molecular formula is C15H15ClN2O2S. The van der Waals surface area contributed by atoms with Crippen molar-refractivity contribution in [3.05, 3.63) is 53.6 Å². The smallest absolute Gasteiger partial charge is 0.261 e. The van der Waals surface area contributed by atoms with E-state index in [0.29, 0.717) is 16.8 Å². The number of hydrogen-bond donors (Lipinski definition) is 2. The van der Waals surface area contributed by atoms with Gasteiger partial charge in [0, 0.05) is 22.4 Å². The van der Waals surface area contributed by atoms with Gasteiger partial charge in [0.2, 0.25) is 0 Å². The molecule has 0 bridgehead atoms. The molecule has 0 saturated heterocycles. The van der Waals surface area contributed by atoms with Crippen LogP contribution in [0.25, 0.3) is 0 Å². The Labute approximate surface area is 129 Å². The molecule has 6 heteroatoms. The second-order valence-electron chi connectivity index (χ2n) is 5.06. The predicted molar refractivity (Wildman–Crippen MR) is 85.3 cm³/mol. The molecule has 0 atom stereocenters. The third kappa shape index (κ3) is 3.68. The molecule has 1 aliphatic carbocycles. The minimum Gasteiger partial charge on any atom is -0.382 e. The van der Waals surface area contributed by atoms with E-state index in [0.717, 1.165) is 5.69 Å². The van der Waals surface area contributed by atoms with Crippen LogP contribution in [0.4, 0.5) is 11.4 Å². The van der Waals surface area contributed by atoms with E-state index in [1.54, 1.807) is 24.3 Å². The summed E-state index contributed by atoms with van der Waals surface area (Å²) in [6, 6.07) is 14.0. The van der Waals surface area contributed by atoms with Crippen molar-refractivity contribution in [2.45, 2.75) is 23.8 Å². The van der Waals surface area contributed by atoms with E-state index in [2.05, 4.69) is 10.0 Å². The van der Waals surface area contributed by atoms with Gasteiger partial charge in [-0.2, -0.15) is 0 Å². The zero-order chi connectivity index (χ0) is 14.9. The first-order chi connectivity index (χ1) is 10.0. The quantitative estimate of drug-likeness (QED) is 0.882. The van der Waals surface area contributed by atoms with E-state index < -0.39 is 10.0 Å². The molecule has 0 aromatic heterocycles. The Morgan fingerprint density at radius 3 is 2.29 bits per heavy atom. The fraction of sp³-hybridized carbons (Fsp3) is 0.200. The van der Waals surface area contributed by atoms with Gasteiger partial charge in [0.1, 0.15) is 0 Å². The van der Waals surface area contributed by atoms with Crippen molar-refractivity contribution in [3.8, 4) is 0 Å². The van der Waals surface area contributed by atoms with Gasteiger partial charge in [0.15, 0.2) is 0 Å². The maximum absolute atomic E-state index is 12.2. The Hall–Kier alpha value is -1.72. The minimum absolute atomic E-state index is 0.148. The van der Waals surface area contributed by atoms with Crippen molar-refractivity contribution in [1.29, 1.82) is 0 Å². The fourth-order valence-electron chi connectivity index (χ4n) is 1.95. The van der Waals surface area contributed by atoms with E-state index in [4.69, 9.17) is 11.6 Å². The van der Waals surface area contributed by atoms with Gasteiger partial charge < -0.3 is 5.32 Å². The molecule has 3 rings (SSSR count). The van der Waals surface area contributed by atoms with Crippen LogP contribution in [0.3, 0.4) is 0 Å². The molecule has 2 N–H and O–H groups in total. The van der Waals surface area contributed by atoms with Crippen molar-refractivity contribution in [2.75, 3.05) is 10.0 Å². The Bertz CT molecular complexity index is 741. The summed E-state index contributed by atoms with van der Waals surface area (Å²) in [4.78, 5) is 0.148. The Balaban J connectivity index is 1.75. The monoisotopic (exact) mass is 322 g/mol. The van der Waals surface area contributed by atoms with E-state index in [1.165, 1.54) is 25.0 Å². The number of hydrogen-bond acceptors (Lipinski definition) is 3. The van der Waals surface area contributed by atoms with Crippen molar-refractivity contribution in [3.63, 3.8) is 0 Å². The van der Waals surface area contributed by atoms with Gasteiger partial charge >= 0.3 is 0 Å². The maximum Gasteiger partial charge on any atom is 0.261 e. The summed E-state index contributed by atoms with van der Waals surface area (Å²) in [5.74, 6) is 0. The van der Waals surface area contributed by atoms with Crippen LogP contribution in [0.2, 0.25) is 5.02 Å². The lowest BCUT2D eigenvalue weighted by Crippen LogP contribution is -2.12. The maximum atomic E-state index is 12.2. The highest BCUT2D eigenvalue weighted by atomic mass is 35.5. The van der Waals surface area contributed by atoms with Crippen LogP contribution in [0.5, 0.6) is 0 Å². The first-order valence-electron chi connectivity index (χ1n) is 6.68. The molecular weight excluding hydrogens is 308 g/mol. The number of benzene rings is 2. The fourth-order valence-corrected chi connectivity index (χ4v) is 3.31. The predicted octanol–water partition coefficient (Wildman–Crippen LogP) is 3.72. The summed E-state index contributed by atoms with van der Waals surface area (Å²) in [5, 5.41) is 3.74. The normalized spacial score (nSPS) is 14.7. The van der Waals surface area contributed by atoms with Crippen LogP contribution in [-0.2, 0) is 10.0 Å². The van der Waals surface area contributed by atoms with Crippen molar-refractivity contribution < 1.29 is 8.42 Å². The lowest BCUT2D eigenvalue weighted by Gasteiger charge is -2.10. The van der Waals surface area contributed by atoms with Crippen molar-refractivity contribution in [2.24, 2.45) is 0 Å². The number of nitrogens with one attached hydrogen (secondary N) is 2.